The molecule has 0 aliphatic heterocycles. The first-order valence-corrected chi connectivity index (χ1v) is 6.56. The van der Waals surface area contributed by atoms with Gasteiger partial charge < -0.3 is 5.32 Å². The van der Waals surface area contributed by atoms with Crippen LogP contribution in [0.1, 0.15) is 5.56 Å². The Kier molecular flexibility index (Phi) is 4.31. The lowest BCUT2D eigenvalue weighted by Crippen LogP contribution is -2.03. The average molecular weight is 372 g/mol. The van der Waals surface area contributed by atoms with Crippen molar-refractivity contribution in [2.75, 3.05) is 5.32 Å². The Balaban J connectivity index is 2.15. The van der Waals surface area contributed by atoms with Crippen LogP contribution in [0.5, 0.6) is 0 Å². The van der Waals surface area contributed by atoms with Gasteiger partial charge in [-0.05, 0) is 52.4 Å². The number of benzene rings is 2. The molecule has 0 aliphatic carbocycles. The first kappa shape index (κ1) is 13.7. The predicted molar refractivity (Wildman–Crippen MR) is 79.5 cm³/mol. The lowest BCUT2D eigenvalue weighted by molar-refractivity contribution is -0.384. The number of nitro groups is 1. The van der Waals surface area contributed by atoms with Crippen LogP contribution in [0.2, 0.25) is 0 Å². The van der Waals surface area contributed by atoms with Crippen LogP contribution in [0.25, 0.3) is 0 Å². The highest BCUT2D eigenvalue weighted by Gasteiger charge is 2.13. The zero-order chi connectivity index (χ0) is 13.8. The van der Waals surface area contributed by atoms with Gasteiger partial charge in [0, 0.05) is 16.2 Å². The van der Waals surface area contributed by atoms with Gasteiger partial charge in [-0.1, -0.05) is 12.1 Å². The molecule has 0 saturated carbocycles. The molecule has 0 saturated heterocycles. The molecule has 1 N–H and O–H groups in total. The van der Waals surface area contributed by atoms with Crippen LogP contribution in [-0.2, 0) is 6.54 Å². The fourth-order valence-corrected chi connectivity index (χ4v) is 2.08. The minimum atomic E-state index is -0.421. The summed E-state index contributed by atoms with van der Waals surface area (Å²) >= 11 is 2.03. The number of nitrogens with one attached hydrogen (secondary N) is 1. The molecule has 0 bridgehead atoms. The van der Waals surface area contributed by atoms with Gasteiger partial charge in [0.1, 0.15) is 11.5 Å². The Morgan fingerprint density at radius 2 is 1.89 bits per heavy atom. The number of anilines is 1. The van der Waals surface area contributed by atoms with E-state index in [1.807, 2.05) is 22.6 Å². The van der Waals surface area contributed by atoms with Crippen molar-refractivity contribution < 1.29 is 9.31 Å². The van der Waals surface area contributed by atoms with E-state index in [0.717, 1.165) is 9.13 Å². The molecular weight excluding hydrogens is 362 g/mol. The summed E-state index contributed by atoms with van der Waals surface area (Å²) in [5.74, 6) is -0.302. The summed E-state index contributed by atoms with van der Waals surface area (Å²) in [4.78, 5) is 10.5. The molecule has 2 aromatic rings. The normalized spacial score (nSPS) is 10.2. The molecule has 0 heterocycles. The molecule has 0 unspecified atom stereocenters. The van der Waals surface area contributed by atoms with E-state index in [4.69, 9.17) is 0 Å². The fraction of sp³-hybridized carbons (Fsp3) is 0.0769. The topological polar surface area (TPSA) is 55.2 Å². The quantitative estimate of drug-likeness (QED) is 0.502. The minimum Gasteiger partial charge on any atom is -0.375 e. The average Bonchev–Trinajstić information content (AvgIpc) is 2.39. The molecule has 4 nitrogen and oxygen atoms in total. The zero-order valence-corrected chi connectivity index (χ0v) is 11.9. The number of rotatable bonds is 4. The van der Waals surface area contributed by atoms with E-state index in [0.29, 0.717) is 12.2 Å². The standard InChI is InChI=1S/C13H10FIN2O2/c14-10-3-1-9(2-4-10)8-16-12-6-5-11(15)7-13(12)17(18)19/h1-7,16H,8H2. The first-order valence-electron chi connectivity index (χ1n) is 5.48. The maximum absolute atomic E-state index is 12.8. The molecule has 0 aromatic heterocycles. The Bertz CT molecular complexity index is 602. The highest BCUT2D eigenvalue weighted by atomic mass is 127. The van der Waals surface area contributed by atoms with Gasteiger partial charge in [0.05, 0.1) is 4.92 Å². The fourth-order valence-electron chi connectivity index (χ4n) is 1.60. The summed E-state index contributed by atoms with van der Waals surface area (Å²) in [6, 6.07) is 11.0. The molecule has 0 fully saturated rings. The maximum Gasteiger partial charge on any atom is 0.293 e. The van der Waals surface area contributed by atoms with Crippen molar-refractivity contribution in [3.8, 4) is 0 Å². The lowest BCUT2D eigenvalue weighted by Gasteiger charge is -2.07. The second-order valence-corrected chi connectivity index (χ2v) is 5.14. The monoisotopic (exact) mass is 372 g/mol. The number of nitrogens with zero attached hydrogens (tertiary/aromatic N) is 1. The van der Waals surface area contributed by atoms with Crippen LogP contribution in [0.3, 0.4) is 0 Å². The van der Waals surface area contributed by atoms with Crippen molar-refractivity contribution in [1.29, 1.82) is 0 Å². The van der Waals surface area contributed by atoms with Gasteiger partial charge >= 0.3 is 0 Å². The van der Waals surface area contributed by atoms with Crippen LogP contribution in [0.4, 0.5) is 15.8 Å². The van der Waals surface area contributed by atoms with Crippen molar-refractivity contribution in [3.63, 3.8) is 0 Å². The Morgan fingerprint density at radius 1 is 1.21 bits per heavy atom. The van der Waals surface area contributed by atoms with Gasteiger partial charge in [-0.15, -0.1) is 0 Å². The van der Waals surface area contributed by atoms with E-state index in [-0.39, 0.29) is 11.5 Å². The third-order valence-corrected chi connectivity index (χ3v) is 3.22. The molecule has 6 heteroatoms. The van der Waals surface area contributed by atoms with Gasteiger partial charge in [0.25, 0.3) is 5.69 Å². The zero-order valence-electron chi connectivity index (χ0n) is 9.77. The molecule has 98 valence electrons. The molecule has 0 spiro atoms. The van der Waals surface area contributed by atoms with Crippen LogP contribution >= 0.6 is 22.6 Å². The van der Waals surface area contributed by atoms with E-state index in [2.05, 4.69) is 5.32 Å². The van der Waals surface area contributed by atoms with Gasteiger partial charge in [-0.3, -0.25) is 10.1 Å². The molecule has 0 amide bonds. The third-order valence-electron chi connectivity index (χ3n) is 2.55. The van der Waals surface area contributed by atoms with Gasteiger partial charge in [-0.25, -0.2) is 4.39 Å². The Hall–Kier alpha value is -1.70. The second kappa shape index (κ2) is 5.96. The molecule has 0 radical (unpaired) electrons. The van der Waals surface area contributed by atoms with Crippen LogP contribution in [0, 0.1) is 19.5 Å². The minimum absolute atomic E-state index is 0.0361. The number of nitro benzene ring substituents is 1. The van der Waals surface area contributed by atoms with Crippen molar-refractivity contribution in [2.24, 2.45) is 0 Å². The van der Waals surface area contributed by atoms with Crippen molar-refractivity contribution in [3.05, 3.63) is 67.5 Å². The van der Waals surface area contributed by atoms with Gasteiger partial charge in [-0.2, -0.15) is 0 Å². The largest absolute Gasteiger partial charge is 0.375 e. The summed E-state index contributed by atoms with van der Waals surface area (Å²) in [6.45, 7) is 0.404. The van der Waals surface area contributed by atoms with Gasteiger partial charge in [0.2, 0.25) is 0 Å². The van der Waals surface area contributed by atoms with E-state index >= 15 is 0 Å². The van der Waals surface area contributed by atoms with E-state index in [9.17, 15) is 14.5 Å². The molecule has 19 heavy (non-hydrogen) atoms. The predicted octanol–water partition coefficient (Wildman–Crippen LogP) is 3.95. The summed E-state index contributed by atoms with van der Waals surface area (Å²) in [7, 11) is 0. The highest BCUT2D eigenvalue weighted by molar-refractivity contribution is 14.1. The Labute approximate surface area is 122 Å². The van der Waals surface area contributed by atoms with E-state index in [1.165, 1.54) is 18.2 Å². The third kappa shape index (κ3) is 3.63. The highest BCUT2D eigenvalue weighted by Crippen LogP contribution is 2.26. The maximum atomic E-state index is 12.8. The summed E-state index contributed by atoms with van der Waals surface area (Å²) in [6.07, 6.45) is 0. The van der Waals surface area contributed by atoms with Crippen molar-refractivity contribution in [2.45, 2.75) is 6.54 Å². The smallest absolute Gasteiger partial charge is 0.293 e. The first-order chi connectivity index (χ1) is 9.06. The number of hydrogen-bond donors (Lipinski definition) is 1. The Morgan fingerprint density at radius 3 is 2.53 bits per heavy atom. The van der Waals surface area contributed by atoms with Crippen LogP contribution in [-0.4, -0.2) is 4.92 Å². The summed E-state index contributed by atoms with van der Waals surface area (Å²) < 4.78 is 13.6. The summed E-state index contributed by atoms with van der Waals surface area (Å²) in [5.41, 5.74) is 1.35. The molecule has 2 aromatic carbocycles. The number of halogens is 2. The van der Waals surface area contributed by atoms with E-state index < -0.39 is 4.92 Å². The molecule has 2 rings (SSSR count). The summed E-state index contributed by atoms with van der Waals surface area (Å²) in [5, 5.41) is 13.9. The van der Waals surface area contributed by atoms with Crippen LogP contribution < -0.4 is 5.32 Å². The van der Waals surface area contributed by atoms with E-state index in [1.54, 1.807) is 24.3 Å². The molecular formula is C13H10FIN2O2. The number of hydrogen-bond acceptors (Lipinski definition) is 3. The van der Waals surface area contributed by atoms with Gasteiger partial charge in [0.15, 0.2) is 0 Å². The second-order valence-electron chi connectivity index (χ2n) is 3.90. The molecule has 0 atom stereocenters. The SMILES string of the molecule is O=[N+]([O-])c1cc(I)ccc1NCc1ccc(F)cc1. The lowest BCUT2D eigenvalue weighted by atomic mass is 10.2. The van der Waals surface area contributed by atoms with Crippen LogP contribution in [0.15, 0.2) is 42.5 Å². The molecule has 0 aliphatic rings. The van der Waals surface area contributed by atoms with Crippen molar-refractivity contribution >= 4 is 34.0 Å². The van der Waals surface area contributed by atoms with Crippen molar-refractivity contribution in [1.82, 2.24) is 0 Å².